The van der Waals surface area contributed by atoms with Crippen molar-refractivity contribution in [2.45, 2.75) is 31.0 Å². The van der Waals surface area contributed by atoms with Crippen LogP contribution in [0.15, 0.2) is 0 Å². The van der Waals surface area contributed by atoms with Gasteiger partial charge in [0.1, 0.15) is 4.32 Å². The minimum atomic E-state index is -0.814. The molecule has 0 aromatic rings. The van der Waals surface area contributed by atoms with E-state index in [1.54, 1.807) is 0 Å². The summed E-state index contributed by atoms with van der Waals surface area (Å²) in [6.45, 7) is 3.72. The number of hydrogen-bond acceptors (Lipinski definition) is 2. The molecule has 0 aliphatic rings. The standard InChI is InChI=1S/C7H13BrN2O2.H2O/c1-3-7(8,4-2)5(11)10-6(9)12;/h3-4H2,1-2H3,(H3,9,10,11,12);1H2. The zero-order valence-corrected chi connectivity index (χ0v) is 9.27. The van der Waals surface area contributed by atoms with Crippen molar-refractivity contribution in [3.8, 4) is 0 Å². The number of carbonyl (C=O) groups excluding carboxylic acids is 2. The minimum Gasteiger partial charge on any atom is -0.412 e. The number of hydrogen-bond donors (Lipinski definition) is 2. The van der Waals surface area contributed by atoms with Gasteiger partial charge in [-0.05, 0) is 12.8 Å². The summed E-state index contributed by atoms with van der Waals surface area (Å²) in [4.78, 5) is 21.6. The molecule has 0 spiro atoms. The molecule has 0 radical (unpaired) electrons. The summed E-state index contributed by atoms with van der Waals surface area (Å²) in [7, 11) is 0. The number of carbonyl (C=O) groups is 2. The Hall–Kier alpha value is -0.620. The maximum atomic E-state index is 11.3. The van der Waals surface area contributed by atoms with Crippen LogP contribution < -0.4 is 11.1 Å². The number of amides is 3. The largest absolute Gasteiger partial charge is 0.412 e. The average molecular weight is 255 g/mol. The van der Waals surface area contributed by atoms with Gasteiger partial charge in [0.2, 0.25) is 5.91 Å². The van der Waals surface area contributed by atoms with Crippen LogP contribution in [0.2, 0.25) is 0 Å². The Bertz CT molecular complexity index is 192. The number of nitrogens with one attached hydrogen (secondary N) is 1. The summed E-state index contributed by atoms with van der Waals surface area (Å²) in [5.41, 5.74) is 4.81. The third kappa shape index (κ3) is 4.23. The van der Waals surface area contributed by atoms with Gasteiger partial charge in [-0.15, -0.1) is 0 Å². The lowest BCUT2D eigenvalue weighted by Crippen LogP contribution is -2.46. The van der Waals surface area contributed by atoms with Crippen LogP contribution in [0.3, 0.4) is 0 Å². The number of primary amides is 1. The fraction of sp³-hybridized carbons (Fsp3) is 0.714. The summed E-state index contributed by atoms with van der Waals surface area (Å²) in [6, 6.07) is -0.814. The molecular weight excluding hydrogens is 240 g/mol. The van der Waals surface area contributed by atoms with Gasteiger partial charge < -0.3 is 11.2 Å². The molecule has 0 rings (SSSR count). The Kier molecular flexibility index (Phi) is 6.79. The lowest BCUT2D eigenvalue weighted by atomic mass is 10.0. The van der Waals surface area contributed by atoms with E-state index in [-0.39, 0.29) is 11.4 Å². The molecule has 0 saturated carbocycles. The van der Waals surface area contributed by atoms with Gasteiger partial charge in [-0.1, -0.05) is 29.8 Å². The Morgan fingerprint density at radius 3 is 2.00 bits per heavy atom. The summed E-state index contributed by atoms with van der Waals surface area (Å²) in [6.07, 6.45) is 1.23. The third-order valence-electron chi connectivity index (χ3n) is 1.76. The summed E-state index contributed by atoms with van der Waals surface area (Å²) >= 11 is 3.26. The highest BCUT2D eigenvalue weighted by molar-refractivity contribution is 9.10. The van der Waals surface area contributed by atoms with E-state index in [1.165, 1.54) is 0 Å². The van der Waals surface area contributed by atoms with E-state index in [2.05, 4.69) is 15.9 Å². The fourth-order valence-electron chi connectivity index (χ4n) is 0.795. The highest BCUT2D eigenvalue weighted by atomic mass is 79.9. The molecule has 0 unspecified atom stereocenters. The molecule has 5 nitrogen and oxygen atoms in total. The van der Waals surface area contributed by atoms with E-state index in [0.29, 0.717) is 12.8 Å². The van der Waals surface area contributed by atoms with Gasteiger partial charge in [0, 0.05) is 0 Å². The highest BCUT2D eigenvalue weighted by Crippen LogP contribution is 2.26. The van der Waals surface area contributed by atoms with Gasteiger partial charge in [0.25, 0.3) is 0 Å². The molecule has 0 bridgehead atoms. The van der Waals surface area contributed by atoms with E-state index in [1.807, 2.05) is 19.2 Å². The molecule has 0 saturated heterocycles. The maximum absolute atomic E-state index is 11.3. The predicted octanol–water partition coefficient (Wildman–Crippen LogP) is 0.310. The number of imide groups is 1. The molecule has 0 aromatic carbocycles. The van der Waals surface area contributed by atoms with Gasteiger partial charge in [-0.2, -0.15) is 0 Å². The van der Waals surface area contributed by atoms with Gasteiger partial charge in [-0.3, -0.25) is 10.1 Å². The average Bonchev–Trinajstić information content (AvgIpc) is 2.02. The Morgan fingerprint density at radius 2 is 1.77 bits per heavy atom. The SMILES string of the molecule is CCC(Br)(CC)C(=O)NC(N)=O.O. The second-order valence-electron chi connectivity index (χ2n) is 2.49. The van der Waals surface area contributed by atoms with E-state index >= 15 is 0 Å². The van der Waals surface area contributed by atoms with E-state index in [4.69, 9.17) is 5.73 Å². The van der Waals surface area contributed by atoms with Gasteiger partial charge in [-0.25, -0.2) is 4.79 Å². The molecule has 0 aliphatic heterocycles. The molecule has 6 heteroatoms. The van der Waals surface area contributed by atoms with Crippen molar-refractivity contribution in [2.75, 3.05) is 0 Å². The number of urea groups is 1. The molecule has 5 N–H and O–H groups in total. The number of rotatable bonds is 3. The first-order valence-corrected chi connectivity index (χ1v) is 4.55. The van der Waals surface area contributed by atoms with Gasteiger partial charge in [0.15, 0.2) is 0 Å². The van der Waals surface area contributed by atoms with Crippen molar-refractivity contribution in [1.29, 1.82) is 0 Å². The summed E-state index contributed by atoms with van der Waals surface area (Å²) < 4.78 is -0.665. The van der Waals surface area contributed by atoms with Crippen molar-refractivity contribution >= 4 is 27.9 Å². The van der Waals surface area contributed by atoms with Crippen molar-refractivity contribution in [3.05, 3.63) is 0 Å². The second-order valence-corrected chi connectivity index (χ2v) is 4.01. The molecule has 13 heavy (non-hydrogen) atoms. The van der Waals surface area contributed by atoms with Crippen molar-refractivity contribution in [1.82, 2.24) is 5.32 Å². The van der Waals surface area contributed by atoms with Gasteiger partial charge in [0.05, 0.1) is 0 Å². The molecule has 0 aromatic heterocycles. The van der Waals surface area contributed by atoms with Crippen molar-refractivity contribution in [2.24, 2.45) is 5.73 Å². The van der Waals surface area contributed by atoms with Crippen molar-refractivity contribution in [3.63, 3.8) is 0 Å². The first-order valence-electron chi connectivity index (χ1n) is 3.76. The van der Waals surface area contributed by atoms with Crippen LogP contribution in [-0.2, 0) is 4.79 Å². The van der Waals surface area contributed by atoms with E-state index < -0.39 is 10.4 Å². The molecular formula is C7H15BrN2O3. The Balaban J connectivity index is 0. The molecule has 3 amide bonds. The van der Waals surface area contributed by atoms with Crippen LogP contribution >= 0.6 is 15.9 Å². The van der Waals surface area contributed by atoms with Crippen LogP contribution in [0.4, 0.5) is 4.79 Å². The van der Waals surface area contributed by atoms with Crippen LogP contribution in [0.25, 0.3) is 0 Å². The topological polar surface area (TPSA) is 104 Å². The quantitative estimate of drug-likeness (QED) is 0.708. The fourth-order valence-corrected chi connectivity index (χ4v) is 0.894. The van der Waals surface area contributed by atoms with E-state index in [0.717, 1.165) is 0 Å². The zero-order valence-electron chi connectivity index (χ0n) is 7.69. The van der Waals surface area contributed by atoms with Crippen molar-refractivity contribution < 1.29 is 15.1 Å². The van der Waals surface area contributed by atoms with Crippen LogP contribution in [0.1, 0.15) is 26.7 Å². The molecule has 0 fully saturated rings. The lowest BCUT2D eigenvalue weighted by molar-refractivity contribution is -0.122. The summed E-state index contributed by atoms with van der Waals surface area (Å²) in [5, 5.41) is 2.04. The van der Waals surface area contributed by atoms with Crippen LogP contribution in [0.5, 0.6) is 0 Å². The Morgan fingerprint density at radius 1 is 1.38 bits per heavy atom. The summed E-state index contributed by atoms with van der Waals surface area (Å²) in [5.74, 6) is -0.375. The lowest BCUT2D eigenvalue weighted by Gasteiger charge is -2.21. The Labute approximate surface area is 85.5 Å². The predicted molar refractivity (Wildman–Crippen MR) is 53.6 cm³/mol. The normalized spacial score (nSPS) is 10.1. The van der Waals surface area contributed by atoms with Crippen LogP contribution in [0, 0.1) is 0 Å². The first-order chi connectivity index (χ1) is 5.46. The minimum absolute atomic E-state index is 0. The van der Waals surface area contributed by atoms with Crippen LogP contribution in [-0.4, -0.2) is 21.7 Å². The first kappa shape index (κ1) is 14.9. The number of halogens is 1. The maximum Gasteiger partial charge on any atom is 0.318 e. The monoisotopic (exact) mass is 254 g/mol. The molecule has 0 atom stereocenters. The second kappa shape index (κ2) is 5.93. The highest BCUT2D eigenvalue weighted by Gasteiger charge is 2.32. The number of alkyl halides is 1. The third-order valence-corrected chi connectivity index (χ3v) is 3.25. The van der Waals surface area contributed by atoms with E-state index in [9.17, 15) is 9.59 Å². The number of nitrogens with two attached hydrogens (primary N) is 1. The molecule has 0 aliphatic carbocycles. The van der Waals surface area contributed by atoms with Gasteiger partial charge >= 0.3 is 6.03 Å². The smallest absolute Gasteiger partial charge is 0.318 e. The zero-order chi connectivity index (χ0) is 9.78. The molecule has 0 heterocycles. The molecule has 78 valence electrons.